The van der Waals surface area contributed by atoms with Gasteiger partial charge in [-0.3, -0.25) is 4.79 Å². The highest BCUT2D eigenvalue weighted by molar-refractivity contribution is 5.82. The largest absolute Gasteiger partial charge is 0.482 e. The number of fused-ring (bicyclic) bond motifs is 2. The van der Waals surface area contributed by atoms with E-state index in [9.17, 15) is 4.79 Å². The van der Waals surface area contributed by atoms with Crippen LogP contribution in [0.25, 0.3) is 0 Å². The summed E-state index contributed by atoms with van der Waals surface area (Å²) >= 11 is 0. The first-order chi connectivity index (χ1) is 12.2. The number of benzene rings is 1. The summed E-state index contributed by atoms with van der Waals surface area (Å²) in [5.41, 5.74) is 1.96. The molecule has 0 radical (unpaired) electrons. The summed E-state index contributed by atoms with van der Waals surface area (Å²) in [6, 6.07) is 9.37. The van der Waals surface area contributed by atoms with E-state index in [0.29, 0.717) is 36.8 Å². The zero-order valence-corrected chi connectivity index (χ0v) is 14.2. The van der Waals surface area contributed by atoms with Crippen LogP contribution in [0.5, 0.6) is 11.5 Å². The smallest absolute Gasteiger partial charge is 0.267 e. The van der Waals surface area contributed by atoms with E-state index in [2.05, 4.69) is 15.5 Å². The Bertz CT molecular complexity index is 811. The quantitative estimate of drug-likeness (QED) is 0.895. The molecule has 2 aromatic rings. The topological polar surface area (TPSA) is 76.6 Å². The van der Waals surface area contributed by atoms with Crippen LogP contribution in [0.15, 0.2) is 30.3 Å². The maximum atomic E-state index is 13.0. The van der Waals surface area contributed by atoms with E-state index >= 15 is 0 Å². The van der Waals surface area contributed by atoms with Crippen LogP contribution in [0.1, 0.15) is 18.2 Å². The predicted octanol–water partition coefficient (Wildman–Crippen LogP) is 1.63. The van der Waals surface area contributed by atoms with Crippen LogP contribution < -0.4 is 14.8 Å². The molecular weight excluding hydrogens is 320 g/mol. The van der Waals surface area contributed by atoms with E-state index in [1.54, 1.807) is 7.05 Å². The molecule has 2 aliphatic rings. The number of hydrogen-bond donors (Lipinski definition) is 1. The second-order valence-corrected chi connectivity index (χ2v) is 6.27. The lowest BCUT2D eigenvalue weighted by atomic mass is 10.0. The van der Waals surface area contributed by atoms with Crippen molar-refractivity contribution in [3.05, 3.63) is 41.6 Å². The number of amides is 1. The van der Waals surface area contributed by atoms with Crippen molar-refractivity contribution in [2.24, 2.45) is 0 Å². The van der Waals surface area contributed by atoms with E-state index in [4.69, 9.17) is 9.47 Å². The summed E-state index contributed by atoms with van der Waals surface area (Å²) in [4.78, 5) is 14.8. The van der Waals surface area contributed by atoms with Crippen LogP contribution in [0, 0.1) is 0 Å². The Balaban J connectivity index is 1.53. The summed E-state index contributed by atoms with van der Waals surface area (Å²) < 4.78 is 11.8. The number of aromatic nitrogens is 2. The first-order valence-corrected chi connectivity index (χ1v) is 8.40. The maximum absolute atomic E-state index is 13.0. The lowest BCUT2D eigenvalue weighted by Crippen LogP contribution is -2.51. The van der Waals surface area contributed by atoms with Gasteiger partial charge in [-0.2, -0.15) is 5.10 Å². The van der Waals surface area contributed by atoms with Crippen LogP contribution in [0.4, 0.5) is 5.82 Å². The lowest BCUT2D eigenvalue weighted by Gasteiger charge is -2.36. The minimum atomic E-state index is -0.644. The minimum Gasteiger partial charge on any atom is -0.482 e. The van der Waals surface area contributed by atoms with E-state index in [0.717, 1.165) is 11.3 Å². The highest BCUT2D eigenvalue weighted by Gasteiger charge is 2.37. The molecule has 0 bridgehead atoms. The van der Waals surface area contributed by atoms with E-state index in [1.165, 1.54) is 0 Å². The summed E-state index contributed by atoms with van der Waals surface area (Å²) in [5, 5.41) is 11.3. The van der Waals surface area contributed by atoms with E-state index < -0.39 is 6.10 Å². The number of nitrogens with zero attached hydrogens (tertiary/aromatic N) is 3. The maximum Gasteiger partial charge on any atom is 0.267 e. The molecule has 130 valence electrons. The second kappa shape index (κ2) is 6.23. The van der Waals surface area contributed by atoms with Crippen molar-refractivity contribution < 1.29 is 14.3 Å². The number of carbonyl (C=O) groups excluding carboxylic acids is 1. The SMILES string of the molecule is CNc1cc2c(nn1)CCN(C(=O)C1Oc3ccccc3OC1C)C2. The minimum absolute atomic E-state index is 0.0597. The Kier molecular flexibility index (Phi) is 3.91. The monoisotopic (exact) mass is 340 g/mol. The first kappa shape index (κ1) is 15.7. The number of para-hydroxylation sites is 2. The van der Waals surface area contributed by atoms with Gasteiger partial charge in [0.25, 0.3) is 5.91 Å². The van der Waals surface area contributed by atoms with Crippen molar-refractivity contribution in [1.82, 2.24) is 15.1 Å². The summed E-state index contributed by atoms with van der Waals surface area (Å²) in [6.07, 6.45) is -0.293. The Morgan fingerprint density at radius 3 is 2.76 bits per heavy atom. The fraction of sp³-hybridized carbons (Fsp3) is 0.389. The molecule has 25 heavy (non-hydrogen) atoms. The van der Waals surface area contributed by atoms with Crippen molar-refractivity contribution in [3.63, 3.8) is 0 Å². The Morgan fingerprint density at radius 1 is 1.24 bits per heavy atom. The Hall–Kier alpha value is -2.83. The molecular formula is C18H20N4O3. The molecule has 2 aliphatic heterocycles. The number of rotatable bonds is 2. The van der Waals surface area contributed by atoms with Crippen molar-refractivity contribution in [2.45, 2.75) is 32.1 Å². The third-order valence-corrected chi connectivity index (χ3v) is 4.59. The second-order valence-electron chi connectivity index (χ2n) is 6.27. The molecule has 4 rings (SSSR count). The van der Waals surface area contributed by atoms with Crippen LogP contribution in [-0.4, -0.2) is 46.8 Å². The van der Waals surface area contributed by atoms with Crippen molar-refractivity contribution in [3.8, 4) is 11.5 Å². The first-order valence-electron chi connectivity index (χ1n) is 8.40. The highest BCUT2D eigenvalue weighted by atomic mass is 16.6. The lowest BCUT2D eigenvalue weighted by molar-refractivity contribution is -0.145. The van der Waals surface area contributed by atoms with Gasteiger partial charge in [0.1, 0.15) is 11.9 Å². The molecule has 0 fully saturated rings. The van der Waals surface area contributed by atoms with Gasteiger partial charge in [-0.15, -0.1) is 5.10 Å². The number of carbonyl (C=O) groups is 1. The van der Waals surface area contributed by atoms with Crippen LogP contribution >= 0.6 is 0 Å². The van der Waals surface area contributed by atoms with Crippen LogP contribution in [-0.2, 0) is 17.8 Å². The van der Waals surface area contributed by atoms with Crippen LogP contribution in [0.2, 0.25) is 0 Å². The molecule has 1 amide bonds. The molecule has 1 N–H and O–H groups in total. The molecule has 1 aromatic heterocycles. The number of anilines is 1. The zero-order valence-electron chi connectivity index (χ0n) is 14.2. The van der Waals surface area contributed by atoms with Crippen molar-refractivity contribution in [1.29, 1.82) is 0 Å². The number of nitrogens with one attached hydrogen (secondary N) is 1. The van der Waals surface area contributed by atoms with Gasteiger partial charge in [-0.25, -0.2) is 0 Å². The van der Waals surface area contributed by atoms with Gasteiger partial charge in [0.15, 0.2) is 11.5 Å². The molecule has 7 heteroatoms. The zero-order chi connectivity index (χ0) is 17.4. The van der Waals surface area contributed by atoms with Gasteiger partial charge >= 0.3 is 0 Å². The fourth-order valence-electron chi connectivity index (χ4n) is 3.21. The van der Waals surface area contributed by atoms with Crippen LogP contribution in [0.3, 0.4) is 0 Å². The summed E-state index contributed by atoms with van der Waals surface area (Å²) in [7, 11) is 1.80. The van der Waals surface area contributed by atoms with Gasteiger partial charge in [-0.05, 0) is 30.7 Å². The van der Waals surface area contributed by atoms with Gasteiger partial charge in [0.05, 0.1) is 5.69 Å². The fourth-order valence-corrected chi connectivity index (χ4v) is 3.21. The van der Waals surface area contributed by atoms with Gasteiger partial charge in [-0.1, -0.05) is 12.1 Å². The number of hydrogen-bond acceptors (Lipinski definition) is 6. The summed E-state index contributed by atoms with van der Waals surface area (Å²) in [5.74, 6) is 1.93. The molecule has 7 nitrogen and oxygen atoms in total. The molecule has 1 aromatic carbocycles. The molecule has 3 heterocycles. The van der Waals surface area contributed by atoms with Gasteiger partial charge < -0.3 is 19.7 Å². The highest BCUT2D eigenvalue weighted by Crippen LogP contribution is 2.34. The number of ether oxygens (including phenoxy) is 2. The standard InChI is InChI=1S/C18H20N4O3/c1-11-17(25-15-6-4-3-5-14(15)24-11)18(23)22-8-7-13-12(10-22)9-16(19-2)21-20-13/h3-6,9,11,17H,7-8,10H2,1-2H3,(H,19,21). The normalized spacial score (nSPS) is 21.4. The third-order valence-electron chi connectivity index (χ3n) is 4.59. The molecule has 0 saturated heterocycles. The molecule has 0 aliphatic carbocycles. The third kappa shape index (κ3) is 2.86. The summed E-state index contributed by atoms with van der Waals surface area (Å²) in [6.45, 7) is 2.97. The van der Waals surface area contributed by atoms with Gasteiger partial charge in [0, 0.05) is 26.6 Å². The molecule has 2 unspecified atom stereocenters. The average molecular weight is 340 g/mol. The van der Waals surface area contributed by atoms with Crippen molar-refractivity contribution in [2.75, 3.05) is 18.9 Å². The Labute approximate surface area is 146 Å². The predicted molar refractivity (Wildman–Crippen MR) is 91.6 cm³/mol. The molecule has 0 spiro atoms. The Morgan fingerprint density at radius 2 is 2.00 bits per heavy atom. The average Bonchev–Trinajstić information content (AvgIpc) is 2.66. The van der Waals surface area contributed by atoms with Crippen molar-refractivity contribution >= 4 is 11.7 Å². The molecule has 2 atom stereocenters. The molecule has 0 saturated carbocycles. The van der Waals surface area contributed by atoms with Gasteiger partial charge in [0.2, 0.25) is 6.10 Å². The van der Waals surface area contributed by atoms with E-state index in [-0.39, 0.29) is 12.0 Å². The van der Waals surface area contributed by atoms with E-state index in [1.807, 2.05) is 42.2 Å².